The number of halogens is 1. The normalized spacial score (nSPS) is 27.6. The first-order chi connectivity index (χ1) is 10.2. The number of nitrogens with one attached hydrogen (secondary N) is 1. The lowest BCUT2D eigenvalue weighted by molar-refractivity contribution is -0.124. The van der Waals surface area contributed by atoms with E-state index >= 15 is 0 Å². The highest BCUT2D eigenvalue weighted by atomic mass is 19.1. The molecule has 0 aromatic heterocycles. The van der Waals surface area contributed by atoms with Crippen molar-refractivity contribution in [1.29, 1.82) is 0 Å². The summed E-state index contributed by atoms with van der Waals surface area (Å²) in [5.74, 6) is -0.109. The molecule has 0 spiro atoms. The van der Waals surface area contributed by atoms with Crippen molar-refractivity contribution in [3.63, 3.8) is 0 Å². The average Bonchev–Trinajstić information content (AvgIpc) is 3.39. The Morgan fingerprint density at radius 2 is 1.90 bits per heavy atom. The zero-order valence-corrected chi connectivity index (χ0v) is 12.1. The zero-order chi connectivity index (χ0) is 14.4. The molecule has 21 heavy (non-hydrogen) atoms. The smallest absolute Gasteiger partial charge is 0.230 e. The standard InChI is InChI=1S/C17H21FN2O/c18-13-3-1-12(2-4-13)17(8-9-17)16(21)19-14-7-10-20(11-14)15-5-6-15/h1-4,14-15H,5-11H2,(H,19,21)/t14-/m1/s1. The first-order valence-electron chi connectivity index (χ1n) is 7.98. The van der Waals surface area contributed by atoms with Crippen LogP contribution in [0.2, 0.25) is 0 Å². The maximum atomic E-state index is 13.0. The van der Waals surface area contributed by atoms with Crippen molar-refractivity contribution in [2.24, 2.45) is 0 Å². The highest BCUT2D eigenvalue weighted by molar-refractivity contribution is 5.91. The predicted octanol–water partition coefficient (Wildman–Crippen LogP) is 2.21. The molecule has 3 aliphatic rings. The number of rotatable bonds is 4. The molecule has 1 N–H and O–H groups in total. The Bertz CT molecular complexity index is 548. The molecule has 0 bridgehead atoms. The zero-order valence-electron chi connectivity index (χ0n) is 12.1. The van der Waals surface area contributed by atoms with Crippen LogP contribution in [0.5, 0.6) is 0 Å². The Morgan fingerprint density at radius 1 is 1.19 bits per heavy atom. The first-order valence-corrected chi connectivity index (χ1v) is 7.98. The van der Waals surface area contributed by atoms with E-state index in [1.807, 2.05) is 0 Å². The van der Waals surface area contributed by atoms with Crippen LogP contribution in [0.3, 0.4) is 0 Å². The molecule has 4 heteroatoms. The molecule has 3 nitrogen and oxygen atoms in total. The van der Waals surface area contributed by atoms with Gasteiger partial charge in [-0.15, -0.1) is 0 Å². The van der Waals surface area contributed by atoms with E-state index in [9.17, 15) is 9.18 Å². The second-order valence-electron chi connectivity index (χ2n) is 6.77. The summed E-state index contributed by atoms with van der Waals surface area (Å²) >= 11 is 0. The van der Waals surface area contributed by atoms with E-state index in [4.69, 9.17) is 0 Å². The lowest BCUT2D eigenvalue weighted by atomic mass is 9.94. The minimum absolute atomic E-state index is 0.136. The van der Waals surface area contributed by atoms with Crippen LogP contribution in [-0.4, -0.2) is 36.0 Å². The van der Waals surface area contributed by atoms with Crippen LogP contribution >= 0.6 is 0 Å². The van der Waals surface area contributed by atoms with E-state index in [-0.39, 0.29) is 23.2 Å². The van der Waals surface area contributed by atoms with Crippen molar-refractivity contribution in [2.75, 3.05) is 13.1 Å². The second-order valence-corrected chi connectivity index (χ2v) is 6.77. The summed E-state index contributed by atoms with van der Waals surface area (Å²) in [7, 11) is 0. The molecule has 112 valence electrons. The van der Waals surface area contributed by atoms with Crippen LogP contribution in [0.25, 0.3) is 0 Å². The molecule has 2 saturated carbocycles. The molecule has 3 fully saturated rings. The maximum Gasteiger partial charge on any atom is 0.230 e. The van der Waals surface area contributed by atoms with Gasteiger partial charge in [0.1, 0.15) is 5.82 Å². The number of hydrogen-bond donors (Lipinski definition) is 1. The molecular weight excluding hydrogens is 267 g/mol. The van der Waals surface area contributed by atoms with Gasteiger partial charge in [0.05, 0.1) is 5.41 Å². The number of benzene rings is 1. The average molecular weight is 288 g/mol. The van der Waals surface area contributed by atoms with Gasteiger partial charge < -0.3 is 5.32 Å². The molecule has 1 atom stereocenters. The Labute approximate surface area is 124 Å². The third-order valence-electron chi connectivity index (χ3n) is 5.20. The number of hydrogen-bond acceptors (Lipinski definition) is 2. The fourth-order valence-corrected chi connectivity index (χ4v) is 3.54. The van der Waals surface area contributed by atoms with E-state index in [0.717, 1.165) is 44.0 Å². The van der Waals surface area contributed by atoms with Gasteiger partial charge in [0, 0.05) is 25.2 Å². The van der Waals surface area contributed by atoms with E-state index in [1.54, 1.807) is 12.1 Å². The Balaban J connectivity index is 1.41. The van der Waals surface area contributed by atoms with Gasteiger partial charge in [0.15, 0.2) is 0 Å². The number of likely N-dealkylation sites (tertiary alicyclic amines) is 1. The quantitative estimate of drug-likeness (QED) is 0.921. The molecule has 1 aliphatic heterocycles. The minimum atomic E-state index is -0.388. The van der Waals surface area contributed by atoms with Crippen molar-refractivity contribution in [3.05, 3.63) is 35.6 Å². The summed E-state index contributed by atoms with van der Waals surface area (Å²) in [6.45, 7) is 2.11. The summed E-state index contributed by atoms with van der Waals surface area (Å²) in [6, 6.07) is 7.48. The van der Waals surface area contributed by atoms with Crippen molar-refractivity contribution < 1.29 is 9.18 Å². The van der Waals surface area contributed by atoms with Gasteiger partial charge >= 0.3 is 0 Å². The van der Waals surface area contributed by atoms with E-state index in [2.05, 4.69) is 10.2 Å². The largest absolute Gasteiger partial charge is 0.351 e. The molecule has 4 rings (SSSR count). The fourth-order valence-electron chi connectivity index (χ4n) is 3.54. The molecule has 1 saturated heterocycles. The van der Waals surface area contributed by atoms with Gasteiger partial charge in [-0.3, -0.25) is 9.69 Å². The van der Waals surface area contributed by atoms with Gasteiger partial charge in [0.25, 0.3) is 0 Å². The molecule has 1 amide bonds. The van der Waals surface area contributed by atoms with Crippen LogP contribution in [0.1, 0.15) is 37.7 Å². The number of amides is 1. The van der Waals surface area contributed by atoms with Gasteiger partial charge in [-0.1, -0.05) is 12.1 Å². The first kappa shape index (κ1) is 13.3. The topological polar surface area (TPSA) is 32.3 Å². The lowest BCUT2D eigenvalue weighted by Gasteiger charge is -2.20. The van der Waals surface area contributed by atoms with Crippen LogP contribution in [0.4, 0.5) is 4.39 Å². The Hall–Kier alpha value is -1.42. The highest BCUT2D eigenvalue weighted by Gasteiger charge is 2.52. The number of nitrogens with zero attached hydrogens (tertiary/aromatic N) is 1. The van der Waals surface area contributed by atoms with Crippen LogP contribution in [0, 0.1) is 5.82 Å². The third-order valence-corrected chi connectivity index (χ3v) is 5.20. The van der Waals surface area contributed by atoms with Crippen LogP contribution < -0.4 is 5.32 Å². The van der Waals surface area contributed by atoms with E-state index in [0.29, 0.717) is 0 Å². The number of carbonyl (C=O) groups is 1. The SMILES string of the molecule is O=C(N[C@@H]1CCN(C2CC2)C1)C1(c2ccc(F)cc2)CC1. The molecule has 1 heterocycles. The molecule has 0 unspecified atom stereocenters. The van der Waals surface area contributed by atoms with Crippen molar-refractivity contribution >= 4 is 5.91 Å². The molecule has 1 aromatic rings. The van der Waals surface area contributed by atoms with Gasteiger partial charge in [-0.2, -0.15) is 0 Å². The van der Waals surface area contributed by atoms with Gasteiger partial charge in [-0.25, -0.2) is 4.39 Å². The van der Waals surface area contributed by atoms with E-state index < -0.39 is 0 Å². The van der Waals surface area contributed by atoms with Crippen LogP contribution in [-0.2, 0) is 10.2 Å². The highest BCUT2D eigenvalue weighted by Crippen LogP contribution is 2.48. The Morgan fingerprint density at radius 3 is 2.52 bits per heavy atom. The summed E-state index contributed by atoms with van der Waals surface area (Å²) in [5, 5.41) is 3.23. The summed E-state index contributed by atoms with van der Waals surface area (Å²) in [5.41, 5.74) is 0.569. The van der Waals surface area contributed by atoms with Crippen molar-refractivity contribution in [3.8, 4) is 0 Å². The number of carbonyl (C=O) groups excluding carboxylic acids is 1. The summed E-state index contributed by atoms with van der Waals surface area (Å²) in [4.78, 5) is 15.1. The second kappa shape index (κ2) is 4.80. The molecule has 2 aliphatic carbocycles. The minimum Gasteiger partial charge on any atom is -0.351 e. The fraction of sp³-hybridized carbons (Fsp3) is 0.588. The maximum absolute atomic E-state index is 13.0. The molecule has 0 radical (unpaired) electrons. The molecule has 1 aromatic carbocycles. The predicted molar refractivity (Wildman–Crippen MR) is 78.5 cm³/mol. The summed E-state index contributed by atoms with van der Waals surface area (Å²) < 4.78 is 13.0. The van der Waals surface area contributed by atoms with Gasteiger partial charge in [-0.05, 0) is 49.8 Å². The lowest BCUT2D eigenvalue weighted by Crippen LogP contribution is -2.43. The summed E-state index contributed by atoms with van der Waals surface area (Å²) in [6.07, 6.45) is 5.45. The van der Waals surface area contributed by atoms with E-state index in [1.165, 1.54) is 25.0 Å². The Kier molecular flexibility index (Phi) is 3.03. The monoisotopic (exact) mass is 288 g/mol. The van der Waals surface area contributed by atoms with Gasteiger partial charge in [0.2, 0.25) is 5.91 Å². The van der Waals surface area contributed by atoms with Crippen molar-refractivity contribution in [2.45, 2.75) is 49.6 Å². The molecular formula is C17H21FN2O. The van der Waals surface area contributed by atoms with Crippen LogP contribution in [0.15, 0.2) is 24.3 Å². The van der Waals surface area contributed by atoms with Crippen molar-refractivity contribution in [1.82, 2.24) is 10.2 Å². The third kappa shape index (κ3) is 2.46.